The van der Waals surface area contributed by atoms with Crippen LogP contribution in [0, 0.1) is 18.8 Å². The van der Waals surface area contributed by atoms with Crippen molar-refractivity contribution < 1.29 is 13.6 Å². The van der Waals surface area contributed by atoms with E-state index in [-0.39, 0.29) is 23.9 Å². The van der Waals surface area contributed by atoms with E-state index in [1.807, 2.05) is 16.4 Å². The average Bonchev–Trinajstić information content (AvgIpc) is 3.36. The number of halogens is 3. The first-order valence-electron chi connectivity index (χ1n) is 9.80. The molecular formula is C21H24ClF2N3O. The van der Waals surface area contributed by atoms with Crippen LogP contribution in [0.3, 0.4) is 0 Å². The Kier molecular flexibility index (Phi) is 4.73. The summed E-state index contributed by atoms with van der Waals surface area (Å²) >= 11 is 0. The number of aromatic nitrogens is 2. The SMILES string of the molecule is Cc1nc2n(c1-c1ccc(C(F)(F)C3CC3)cc1)CN(CC1CCC1)C2=O.Cl. The van der Waals surface area contributed by atoms with Crippen molar-refractivity contribution in [2.24, 2.45) is 11.8 Å². The molecule has 4 nitrogen and oxygen atoms in total. The summed E-state index contributed by atoms with van der Waals surface area (Å²) in [5, 5.41) is 0. The zero-order valence-electron chi connectivity index (χ0n) is 15.8. The number of amides is 1. The summed E-state index contributed by atoms with van der Waals surface area (Å²) in [7, 11) is 0. The maximum absolute atomic E-state index is 14.3. The molecule has 2 saturated carbocycles. The first-order chi connectivity index (χ1) is 12.9. The average molecular weight is 408 g/mol. The molecule has 0 saturated heterocycles. The third-order valence-electron chi connectivity index (χ3n) is 6.27. The van der Waals surface area contributed by atoms with Crippen molar-refractivity contribution in [2.45, 2.75) is 51.6 Å². The molecular weight excluding hydrogens is 384 g/mol. The fourth-order valence-electron chi connectivity index (χ4n) is 4.28. The first-order valence-corrected chi connectivity index (χ1v) is 9.80. The molecule has 1 aliphatic heterocycles. The van der Waals surface area contributed by atoms with E-state index in [1.165, 1.54) is 31.4 Å². The quantitative estimate of drug-likeness (QED) is 0.699. The van der Waals surface area contributed by atoms with Gasteiger partial charge in [-0.15, -0.1) is 12.4 Å². The van der Waals surface area contributed by atoms with Gasteiger partial charge in [-0.1, -0.05) is 30.7 Å². The van der Waals surface area contributed by atoms with E-state index in [4.69, 9.17) is 0 Å². The minimum atomic E-state index is -2.75. The monoisotopic (exact) mass is 407 g/mol. The largest absolute Gasteiger partial charge is 0.318 e. The lowest BCUT2D eigenvalue weighted by atomic mass is 9.85. The number of hydrogen-bond acceptors (Lipinski definition) is 2. The number of aryl methyl sites for hydroxylation is 1. The van der Waals surface area contributed by atoms with E-state index in [0.29, 0.717) is 31.3 Å². The number of imidazole rings is 1. The Morgan fingerprint density at radius 3 is 2.39 bits per heavy atom. The normalized spacial score (nSPS) is 19.4. The number of fused-ring (bicyclic) bond motifs is 1. The Morgan fingerprint density at radius 1 is 1.14 bits per heavy atom. The van der Waals surface area contributed by atoms with Gasteiger partial charge in [0, 0.05) is 23.6 Å². The van der Waals surface area contributed by atoms with Crippen molar-refractivity contribution >= 4 is 18.3 Å². The van der Waals surface area contributed by atoms with Crippen LogP contribution in [0.1, 0.15) is 54.0 Å². The van der Waals surface area contributed by atoms with Gasteiger partial charge in [-0.2, -0.15) is 0 Å². The van der Waals surface area contributed by atoms with Gasteiger partial charge in [0.25, 0.3) is 11.8 Å². The van der Waals surface area contributed by atoms with Crippen LogP contribution in [0.25, 0.3) is 11.3 Å². The second kappa shape index (κ2) is 6.83. The van der Waals surface area contributed by atoms with Crippen molar-refractivity contribution in [3.8, 4) is 11.3 Å². The van der Waals surface area contributed by atoms with Gasteiger partial charge in [-0.05, 0) is 38.5 Å². The molecule has 150 valence electrons. The van der Waals surface area contributed by atoms with Gasteiger partial charge in [-0.3, -0.25) is 4.79 Å². The van der Waals surface area contributed by atoms with Gasteiger partial charge >= 0.3 is 0 Å². The summed E-state index contributed by atoms with van der Waals surface area (Å²) in [4.78, 5) is 19.0. The minimum Gasteiger partial charge on any atom is -0.318 e. The molecule has 2 fully saturated rings. The van der Waals surface area contributed by atoms with E-state index >= 15 is 0 Å². The Balaban J connectivity index is 0.00000192. The summed E-state index contributed by atoms with van der Waals surface area (Å²) in [6.45, 7) is 3.16. The zero-order chi connectivity index (χ0) is 18.8. The Morgan fingerprint density at radius 2 is 1.82 bits per heavy atom. The smallest absolute Gasteiger partial charge is 0.291 e. The van der Waals surface area contributed by atoms with E-state index in [2.05, 4.69) is 4.98 Å². The molecule has 0 atom stereocenters. The van der Waals surface area contributed by atoms with Crippen molar-refractivity contribution in [3.05, 3.63) is 41.3 Å². The second-order valence-electron chi connectivity index (χ2n) is 8.24. The van der Waals surface area contributed by atoms with Crippen LogP contribution in [-0.2, 0) is 12.6 Å². The highest BCUT2D eigenvalue weighted by Crippen LogP contribution is 2.49. The lowest BCUT2D eigenvalue weighted by Gasteiger charge is -2.29. The molecule has 1 aromatic heterocycles. The molecule has 7 heteroatoms. The topological polar surface area (TPSA) is 38.1 Å². The number of hydrogen-bond donors (Lipinski definition) is 0. The summed E-state index contributed by atoms with van der Waals surface area (Å²) < 4.78 is 30.6. The molecule has 2 aliphatic carbocycles. The lowest BCUT2D eigenvalue weighted by molar-refractivity contribution is -0.0285. The number of carbonyl (C=O) groups excluding carboxylic acids is 1. The number of benzene rings is 1. The van der Waals surface area contributed by atoms with Crippen LogP contribution < -0.4 is 0 Å². The predicted molar refractivity (Wildman–Crippen MR) is 105 cm³/mol. The number of carbonyl (C=O) groups is 1. The number of nitrogens with zero attached hydrogens (tertiary/aromatic N) is 3. The Hall–Kier alpha value is -1.95. The highest BCUT2D eigenvalue weighted by molar-refractivity contribution is 5.94. The van der Waals surface area contributed by atoms with Gasteiger partial charge < -0.3 is 9.47 Å². The third-order valence-corrected chi connectivity index (χ3v) is 6.27. The summed E-state index contributed by atoms with van der Waals surface area (Å²) in [5.74, 6) is -2.21. The number of alkyl halides is 2. The van der Waals surface area contributed by atoms with Gasteiger partial charge in [0.05, 0.1) is 18.1 Å². The molecule has 5 rings (SSSR count). The fraction of sp³-hybridized carbons (Fsp3) is 0.524. The van der Waals surface area contributed by atoms with Crippen molar-refractivity contribution in [1.82, 2.24) is 14.5 Å². The van der Waals surface area contributed by atoms with Crippen LogP contribution in [0.15, 0.2) is 24.3 Å². The Labute approximate surface area is 169 Å². The summed E-state index contributed by atoms with van der Waals surface area (Å²) in [6, 6.07) is 6.52. The van der Waals surface area contributed by atoms with E-state index in [1.54, 1.807) is 12.1 Å². The van der Waals surface area contributed by atoms with Crippen molar-refractivity contribution in [3.63, 3.8) is 0 Å². The van der Waals surface area contributed by atoms with Gasteiger partial charge in [0.2, 0.25) is 5.82 Å². The molecule has 28 heavy (non-hydrogen) atoms. The van der Waals surface area contributed by atoms with Crippen molar-refractivity contribution in [1.29, 1.82) is 0 Å². The highest BCUT2D eigenvalue weighted by Gasteiger charge is 2.47. The zero-order valence-corrected chi connectivity index (χ0v) is 16.6. The van der Waals surface area contributed by atoms with E-state index in [9.17, 15) is 13.6 Å². The highest BCUT2D eigenvalue weighted by atomic mass is 35.5. The van der Waals surface area contributed by atoms with Gasteiger partial charge in [-0.25, -0.2) is 13.8 Å². The minimum absolute atomic E-state index is 0. The molecule has 0 unspecified atom stereocenters. The Bertz CT molecular complexity index is 901. The fourth-order valence-corrected chi connectivity index (χ4v) is 4.28. The molecule has 1 aromatic carbocycles. The van der Waals surface area contributed by atoms with E-state index < -0.39 is 11.8 Å². The predicted octanol–water partition coefficient (Wildman–Crippen LogP) is 5.00. The third kappa shape index (κ3) is 3.02. The van der Waals surface area contributed by atoms with Crippen LogP contribution in [0.5, 0.6) is 0 Å². The molecule has 0 N–H and O–H groups in total. The maximum Gasteiger partial charge on any atom is 0.291 e. The van der Waals surface area contributed by atoms with Crippen LogP contribution >= 0.6 is 12.4 Å². The summed E-state index contributed by atoms with van der Waals surface area (Å²) in [5.41, 5.74) is 2.54. The molecule has 0 bridgehead atoms. The second-order valence-corrected chi connectivity index (χ2v) is 8.24. The van der Waals surface area contributed by atoms with E-state index in [0.717, 1.165) is 23.5 Å². The molecule has 1 amide bonds. The van der Waals surface area contributed by atoms with Crippen LogP contribution in [0.2, 0.25) is 0 Å². The maximum atomic E-state index is 14.3. The first kappa shape index (κ1) is 19.4. The van der Waals surface area contributed by atoms with Gasteiger partial charge in [0.15, 0.2) is 0 Å². The molecule has 2 heterocycles. The van der Waals surface area contributed by atoms with Crippen LogP contribution in [0.4, 0.5) is 8.78 Å². The molecule has 3 aliphatic rings. The summed E-state index contributed by atoms with van der Waals surface area (Å²) in [6.07, 6.45) is 4.83. The van der Waals surface area contributed by atoms with Crippen LogP contribution in [-0.4, -0.2) is 26.9 Å². The lowest BCUT2D eigenvalue weighted by Crippen LogP contribution is -2.33. The molecule has 2 aromatic rings. The number of rotatable bonds is 5. The van der Waals surface area contributed by atoms with Crippen molar-refractivity contribution in [2.75, 3.05) is 6.54 Å². The van der Waals surface area contributed by atoms with Gasteiger partial charge in [0.1, 0.15) is 0 Å². The molecule has 0 spiro atoms. The molecule has 0 radical (unpaired) electrons. The standard InChI is InChI=1S/C21H23F2N3O.ClH/c1-13-18(15-5-7-16(8-6-15)21(22,23)17-9-10-17)26-12-25(11-14-3-2-4-14)20(27)19(26)24-13;/h5-8,14,17H,2-4,9-12H2,1H3;1H.